The summed E-state index contributed by atoms with van der Waals surface area (Å²) in [6, 6.07) is 0.467. The highest BCUT2D eigenvalue weighted by Crippen LogP contribution is 2.18. The zero-order valence-corrected chi connectivity index (χ0v) is 12.4. The largest absolute Gasteiger partial charge is 0.323 e. The molecule has 0 bridgehead atoms. The second-order valence-corrected chi connectivity index (χ2v) is 5.90. The lowest BCUT2D eigenvalue weighted by Gasteiger charge is -2.18. The maximum atomic E-state index is 4.59. The molecule has 0 radical (unpaired) electrons. The van der Waals surface area contributed by atoms with Gasteiger partial charge in [0.25, 0.3) is 0 Å². The Labute approximate surface area is 112 Å². The number of rotatable bonds is 3. The second kappa shape index (κ2) is 6.01. The van der Waals surface area contributed by atoms with Crippen LogP contribution in [-0.2, 0) is 6.54 Å². The fourth-order valence-electron chi connectivity index (χ4n) is 2.38. The molecule has 17 heavy (non-hydrogen) atoms. The van der Waals surface area contributed by atoms with Gasteiger partial charge in [0.1, 0.15) is 0 Å². The topological polar surface area (TPSA) is 21.1 Å². The molecule has 1 aromatic heterocycles. The standard InChI is InChI=1S/C13H22BrN3/c1-11(2)17-10-12(15-13(17)14)9-16-7-5-3-4-6-8-16/h10-11H,3-9H2,1-2H3. The summed E-state index contributed by atoms with van der Waals surface area (Å²) >= 11 is 3.53. The van der Waals surface area contributed by atoms with E-state index in [4.69, 9.17) is 0 Å². The molecule has 1 fully saturated rings. The van der Waals surface area contributed by atoms with E-state index < -0.39 is 0 Å². The van der Waals surface area contributed by atoms with Crippen LogP contribution in [0.2, 0.25) is 0 Å². The van der Waals surface area contributed by atoms with Crippen molar-refractivity contribution in [2.75, 3.05) is 13.1 Å². The summed E-state index contributed by atoms with van der Waals surface area (Å²) in [6.07, 6.45) is 7.64. The first kappa shape index (κ1) is 13.1. The highest BCUT2D eigenvalue weighted by atomic mass is 79.9. The number of likely N-dealkylation sites (tertiary alicyclic amines) is 1. The van der Waals surface area contributed by atoms with Gasteiger partial charge in [-0.2, -0.15) is 0 Å². The highest BCUT2D eigenvalue weighted by molar-refractivity contribution is 9.10. The molecule has 1 aliphatic heterocycles. The molecule has 4 heteroatoms. The van der Waals surface area contributed by atoms with E-state index in [9.17, 15) is 0 Å². The highest BCUT2D eigenvalue weighted by Gasteiger charge is 2.13. The number of halogens is 1. The van der Waals surface area contributed by atoms with Gasteiger partial charge in [-0.1, -0.05) is 12.8 Å². The molecule has 1 aliphatic rings. The molecule has 1 aromatic rings. The Balaban J connectivity index is 2.00. The summed E-state index contributed by atoms with van der Waals surface area (Å²) in [6.45, 7) is 7.82. The molecule has 0 spiro atoms. The van der Waals surface area contributed by atoms with Gasteiger partial charge in [0, 0.05) is 18.8 Å². The number of hydrogen-bond donors (Lipinski definition) is 0. The van der Waals surface area contributed by atoms with Gasteiger partial charge in [0.05, 0.1) is 5.69 Å². The molecule has 1 saturated heterocycles. The van der Waals surface area contributed by atoms with Crippen LogP contribution >= 0.6 is 15.9 Å². The van der Waals surface area contributed by atoms with Crippen LogP contribution in [0.25, 0.3) is 0 Å². The number of nitrogens with zero attached hydrogens (tertiary/aromatic N) is 3. The molecule has 0 aliphatic carbocycles. The Morgan fingerprint density at radius 1 is 1.24 bits per heavy atom. The minimum atomic E-state index is 0.467. The van der Waals surface area contributed by atoms with Crippen molar-refractivity contribution in [2.45, 2.75) is 52.1 Å². The Bertz CT molecular complexity index is 352. The fourth-order valence-corrected chi connectivity index (χ4v) is 3.12. The van der Waals surface area contributed by atoms with Gasteiger partial charge >= 0.3 is 0 Å². The molecule has 0 aromatic carbocycles. The first-order valence-electron chi connectivity index (χ1n) is 6.62. The summed E-state index contributed by atoms with van der Waals surface area (Å²) in [4.78, 5) is 7.13. The lowest BCUT2D eigenvalue weighted by molar-refractivity contribution is 0.274. The van der Waals surface area contributed by atoms with Crippen molar-refractivity contribution >= 4 is 15.9 Å². The lowest BCUT2D eigenvalue weighted by Crippen LogP contribution is -2.24. The summed E-state index contributed by atoms with van der Waals surface area (Å²) < 4.78 is 3.14. The molecule has 0 unspecified atom stereocenters. The van der Waals surface area contributed by atoms with Crippen LogP contribution in [0.3, 0.4) is 0 Å². The first-order chi connectivity index (χ1) is 8.16. The van der Waals surface area contributed by atoms with Crippen molar-refractivity contribution in [3.8, 4) is 0 Å². The van der Waals surface area contributed by atoms with E-state index in [0.717, 1.165) is 11.3 Å². The van der Waals surface area contributed by atoms with Crippen molar-refractivity contribution in [1.82, 2.24) is 14.5 Å². The van der Waals surface area contributed by atoms with Gasteiger partial charge in [0.15, 0.2) is 4.73 Å². The molecule has 0 saturated carbocycles. The Morgan fingerprint density at radius 3 is 2.41 bits per heavy atom. The predicted molar refractivity (Wildman–Crippen MR) is 74.1 cm³/mol. The van der Waals surface area contributed by atoms with Crippen LogP contribution in [0.15, 0.2) is 10.9 Å². The third-order valence-electron chi connectivity index (χ3n) is 3.38. The van der Waals surface area contributed by atoms with Crippen LogP contribution in [0.4, 0.5) is 0 Å². The fraction of sp³-hybridized carbons (Fsp3) is 0.769. The SMILES string of the molecule is CC(C)n1cc(CN2CCCCCC2)nc1Br. The molecule has 96 valence electrons. The zero-order chi connectivity index (χ0) is 12.3. The van der Waals surface area contributed by atoms with Crippen LogP contribution in [0.5, 0.6) is 0 Å². The van der Waals surface area contributed by atoms with Crippen molar-refractivity contribution in [3.05, 3.63) is 16.6 Å². The molecular formula is C13H22BrN3. The quantitative estimate of drug-likeness (QED) is 0.850. The molecular weight excluding hydrogens is 278 g/mol. The summed E-state index contributed by atoms with van der Waals surface area (Å²) in [5.41, 5.74) is 1.19. The van der Waals surface area contributed by atoms with Gasteiger partial charge in [0.2, 0.25) is 0 Å². The van der Waals surface area contributed by atoms with Gasteiger partial charge in [-0.15, -0.1) is 0 Å². The van der Waals surface area contributed by atoms with Crippen molar-refractivity contribution in [3.63, 3.8) is 0 Å². The van der Waals surface area contributed by atoms with Gasteiger partial charge < -0.3 is 4.57 Å². The van der Waals surface area contributed by atoms with Gasteiger partial charge in [-0.25, -0.2) is 4.98 Å². The lowest BCUT2D eigenvalue weighted by atomic mass is 10.2. The van der Waals surface area contributed by atoms with Crippen molar-refractivity contribution in [2.24, 2.45) is 0 Å². The third-order valence-corrected chi connectivity index (χ3v) is 3.96. The monoisotopic (exact) mass is 299 g/mol. The van der Waals surface area contributed by atoms with E-state index in [-0.39, 0.29) is 0 Å². The number of aromatic nitrogens is 2. The number of imidazole rings is 1. The number of hydrogen-bond acceptors (Lipinski definition) is 2. The van der Waals surface area contributed by atoms with Crippen LogP contribution in [0.1, 0.15) is 51.3 Å². The summed E-state index contributed by atoms with van der Waals surface area (Å²) in [7, 11) is 0. The third kappa shape index (κ3) is 3.55. The van der Waals surface area contributed by atoms with Crippen LogP contribution < -0.4 is 0 Å². The Hall–Kier alpha value is -0.350. The van der Waals surface area contributed by atoms with E-state index in [2.05, 4.69) is 50.4 Å². The van der Waals surface area contributed by atoms with E-state index >= 15 is 0 Å². The normalized spacial score (nSPS) is 18.6. The Morgan fingerprint density at radius 2 is 1.88 bits per heavy atom. The molecule has 3 nitrogen and oxygen atoms in total. The van der Waals surface area contributed by atoms with E-state index in [1.807, 2.05) is 0 Å². The second-order valence-electron chi connectivity index (χ2n) is 5.19. The smallest absolute Gasteiger partial charge is 0.177 e. The molecule has 0 atom stereocenters. The minimum absolute atomic E-state index is 0.467. The van der Waals surface area contributed by atoms with Gasteiger partial charge in [-0.05, 0) is 55.7 Å². The maximum Gasteiger partial charge on any atom is 0.177 e. The molecule has 0 amide bonds. The van der Waals surface area contributed by atoms with Gasteiger partial charge in [-0.3, -0.25) is 4.90 Å². The average molecular weight is 300 g/mol. The first-order valence-corrected chi connectivity index (χ1v) is 7.41. The van der Waals surface area contributed by atoms with Crippen molar-refractivity contribution in [1.29, 1.82) is 0 Å². The molecule has 0 N–H and O–H groups in total. The maximum absolute atomic E-state index is 4.59. The molecule has 2 rings (SSSR count). The average Bonchev–Trinajstić information content (AvgIpc) is 2.50. The van der Waals surface area contributed by atoms with E-state index in [1.54, 1.807) is 0 Å². The van der Waals surface area contributed by atoms with Crippen LogP contribution in [0, 0.1) is 0 Å². The predicted octanol–water partition coefficient (Wildman–Crippen LogP) is 3.60. The Kier molecular flexibility index (Phi) is 4.62. The summed E-state index contributed by atoms with van der Waals surface area (Å²) in [5, 5.41) is 0. The van der Waals surface area contributed by atoms with Crippen molar-refractivity contribution < 1.29 is 0 Å². The van der Waals surface area contributed by atoms with E-state index in [0.29, 0.717) is 6.04 Å². The molecule has 2 heterocycles. The minimum Gasteiger partial charge on any atom is -0.323 e. The van der Waals surface area contributed by atoms with Crippen LogP contribution in [-0.4, -0.2) is 27.5 Å². The zero-order valence-electron chi connectivity index (χ0n) is 10.8. The van der Waals surface area contributed by atoms with E-state index in [1.165, 1.54) is 44.5 Å². The summed E-state index contributed by atoms with van der Waals surface area (Å²) in [5.74, 6) is 0.